The highest BCUT2D eigenvalue weighted by molar-refractivity contribution is 5.18. The van der Waals surface area contributed by atoms with Crippen molar-refractivity contribution in [3.05, 3.63) is 0 Å². The lowest BCUT2D eigenvalue weighted by molar-refractivity contribution is -0.154. The van der Waals surface area contributed by atoms with Crippen molar-refractivity contribution >= 4 is 0 Å². The molecule has 0 radical (unpaired) electrons. The smallest absolute Gasteiger partial charge is 0.0274 e. The molecule has 0 atom stereocenters. The molecule has 6 aliphatic rings. The second kappa shape index (κ2) is 30.7. The molecular weight excluding hydrogens is 1080 g/mol. The van der Waals surface area contributed by atoms with Crippen molar-refractivity contribution in [2.24, 2.45) is 17.6 Å². The highest BCUT2D eigenvalue weighted by Gasteiger charge is 2.61. The van der Waals surface area contributed by atoms with E-state index >= 15 is 0 Å². The van der Waals surface area contributed by atoms with E-state index < -0.39 is 0 Å². The van der Waals surface area contributed by atoms with Crippen LogP contribution in [0.15, 0.2) is 0 Å². The van der Waals surface area contributed by atoms with Crippen LogP contribution in [0.2, 0.25) is 0 Å². The summed E-state index contributed by atoms with van der Waals surface area (Å²) in [6.07, 6.45) is 30.1. The van der Waals surface area contributed by atoms with E-state index in [0.717, 1.165) is 39.1 Å². The quantitative estimate of drug-likeness (QED) is 0.0331. The Morgan fingerprint density at radius 3 is 0.898 bits per heavy atom. The van der Waals surface area contributed by atoms with Crippen molar-refractivity contribution in [3.63, 3.8) is 0 Å². The monoisotopic (exact) mass is 1240 g/mol. The molecule has 0 saturated carbocycles. The van der Waals surface area contributed by atoms with Crippen molar-refractivity contribution in [1.29, 1.82) is 0 Å². The Hall–Kier alpha value is -0.480. The topological polar surface area (TPSA) is 132 Å². The molecule has 12 heteroatoms. The van der Waals surface area contributed by atoms with Crippen LogP contribution in [-0.2, 0) is 0 Å². The van der Waals surface area contributed by atoms with Gasteiger partial charge >= 0.3 is 0 Å². The van der Waals surface area contributed by atoms with Gasteiger partial charge < -0.3 is 48.3 Å². The lowest BCUT2D eigenvalue weighted by atomic mass is 9.55. The Morgan fingerprint density at radius 1 is 0.341 bits per heavy atom. The number of hydrogen-bond acceptors (Lipinski definition) is 12. The van der Waals surface area contributed by atoms with Gasteiger partial charge in [0.15, 0.2) is 0 Å². The number of unbranched alkanes of at least 4 members (excludes halogenated alkanes) is 8. The number of nitrogens with two attached hydrogens (primary N) is 1. The second-order valence-electron chi connectivity index (χ2n) is 38.7. The molecule has 12 nitrogen and oxygen atoms in total. The molecule has 0 aliphatic carbocycles. The fourth-order valence-corrected chi connectivity index (χ4v) is 20.8. The molecular formula is C76H156N12. The molecule has 0 bridgehead atoms. The van der Waals surface area contributed by atoms with Crippen molar-refractivity contribution < 1.29 is 0 Å². The summed E-state index contributed by atoms with van der Waals surface area (Å²) >= 11 is 0. The van der Waals surface area contributed by atoms with E-state index in [0.29, 0.717) is 36.0 Å². The van der Waals surface area contributed by atoms with Gasteiger partial charge in [0.1, 0.15) is 0 Å². The van der Waals surface area contributed by atoms with Gasteiger partial charge in [0, 0.05) is 109 Å². The van der Waals surface area contributed by atoms with Crippen LogP contribution in [-0.4, -0.2) is 171 Å². The zero-order valence-corrected chi connectivity index (χ0v) is 63.8. The summed E-state index contributed by atoms with van der Waals surface area (Å²) in [6.45, 7) is 66.7. The summed E-state index contributed by atoms with van der Waals surface area (Å²) in [6, 6.07) is 2.34. The molecule has 6 saturated heterocycles. The molecule has 6 aliphatic heterocycles. The van der Waals surface area contributed by atoms with Crippen LogP contribution < -0.4 is 48.3 Å². The van der Waals surface area contributed by atoms with Gasteiger partial charge in [0.05, 0.1) is 0 Å². The summed E-state index contributed by atoms with van der Waals surface area (Å²) in [5, 5.41) is 31.8. The number of nitrogens with zero attached hydrogens (tertiary/aromatic N) is 3. The van der Waals surface area contributed by atoms with E-state index in [1.807, 2.05) is 0 Å². The minimum absolute atomic E-state index is 0.0666. The molecule has 0 spiro atoms. The predicted octanol–water partition coefficient (Wildman–Crippen LogP) is 14.0. The number of rotatable bonds is 29. The molecule has 10 N–H and O–H groups in total. The Bertz CT molecular complexity index is 1840. The Morgan fingerprint density at radius 2 is 0.602 bits per heavy atom. The van der Waals surface area contributed by atoms with Gasteiger partial charge in [-0.25, -0.2) is 0 Å². The lowest BCUT2D eigenvalue weighted by Gasteiger charge is -2.68. The third-order valence-corrected chi connectivity index (χ3v) is 23.2. The average Bonchev–Trinajstić information content (AvgIpc) is 0.795. The largest absolute Gasteiger partial charge is 0.330 e. The molecule has 6 rings (SSSR count). The van der Waals surface area contributed by atoms with Crippen LogP contribution in [0, 0.1) is 11.8 Å². The van der Waals surface area contributed by atoms with Crippen molar-refractivity contribution in [2.45, 2.75) is 416 Å². The van der Waals surface area contributed by atoms with Crippen LogP contribution in [0.3, 0.4) is 0 Å². The van der Waals surface area contributed by atoms with Gasteiger partial charge in [0.25, 0.3) is 0 Å². The fourth-order valence-electron chi connectivity index (χ4n) is 20.8. The minimum Gasteiger partial charge on any atom is -0.330 e. The molecule has 88 heavy (non-hydrogen) atoms. The number of nitrogens with one attached hydrogen (secondary N) is 8. The van der Waals surface area contributed by atoms with Gasteiger partial charge in [-0.2, -0.15) is 0 Å². The third-order valence-electron chi connectivity index (χ3n) is 23.2. The Labute approximate surface area is 548 Å². The van der Waals surface area contributed by atoms with Crippen molar-refractivity contribution in [2.75, 3.05) is 59.9 Å². The van der Waals surface area contributed by atoms with Gasteiger partial charge in [-0.15, -0.1) is 0 Å². The van der Waals surface area contributed by atoms with Crippen LogP contribution in [0.1, 0.15) is 320 Å². The minimum atomic E-state index is 0.0666. The summed E-state index contributed by atoms with van der Waals surface area (Å²) < 4.78 is 0. The fraction of sp³-hybridized carbons (Fsp3) is 1.00. The summed E-state index contributed by atoms with van der Waals surface area (Å²) in [5.74, 6) is 1.19. The van der Waals surface area contributed by atoms with Gasteiger partial charge in [-0.3, -0.25) is 14.7 Å². The highest BCUT2D eigenvalue weighted by Crippen LogP contribution is 2.57. The number of likely N-dealkylation sites (tertiary alicyclic amines) is 2. The summed E-state index contributed by atoms with van der Waals surface area (Å²) in [7, 11) is 4.58. The predicted molar refractivity (Wildman–Crippen MR) is 385 cm³/mol. The first kappa shape index (κ1) is 78.2. The normalized spacial score (nSPS) is 27.3. The van der Waals surface area contributed by atoms with Crippen LogP contribution in [0.25, 0.3) is 0 Å². The first-order chi connectivity index (χ1) is 40.2. The maximum Gasteiger partial charge on any atom is 0.0274 e. The molecule has 6 heterocycles. The molecule has 0 aromatic rings. The second-order valence-corrected chi connectivity index (χ2v) is 38.7. The molecule has 0 aromatic carbocycles. The zero-order valence-electron chi connectivity index (χ0n) is 63.8. The Kier molecular flexibility index (Phi) is 27.3. The van der Waals surface area contributed by atoms with Crippen LogP contribution >= 0.6 is 0 Å². The van der Waals surface area contributed by atoms with Gasteiger partial charge in [-0.1, -0.05) is 38.5 Å². The summed E-state index contributed by atoms with van der Waals surface area (Å²) in [5.41, 5.74) is 7.42. The number of hydrogen-bond donors (Lipinski definition) is 9. The highest BCUT2D eigenvalue weighted by atomic mass is 15.3. The molecule has 0 aromatic heterocycles. The maximum absolute atomic E-state index is 5.67. The standard InChI is InChI=1S/C50H102N8.C26H54N4/c1-42(2)30-38(31-43(3,4)54-42)50(39-32-44(5,6)55-45(7,8)33-39,24-20-19-23-27-53-29-28-52-26-22-18-17-21-25-51)58(40-34-46(9,10)56-47(11,12)35-40)41-36-48(13,14)57-49(15,16)37-41;1-23(2)17-21(18-24(3,4)29(23)9)27-15-13-11-12-14-16-28-22-19-25(5,6)30(10)26(7,8)20-22/h38-41,52-57H,17-37,51H2,1-16H3;21-22,27-28H,11-20H2,1-10H3. The average molecular weight is 1240 g/mol. The van der Waals surface area contributed by atoms with E-state index in [4.69, 9.17) is 5.73 Å². The number of piperidine rings is 6. The van der Waals surface area contributed by atoms with Crippen molar-refractivity contribution in [1.82, 2.24) is 57.2 Å². The van der Waals surface area contributed by atoms with Crippen LogP contribution in [0.4, 0.5) is 0 Å². The third kappa shape index (κ3) is 23.4. The van der Waals surface area contributed by atoms with E-state index in [9.17, 15) is 0 Å². The van der Waals surface area contributed by atoms with E-state index in [1.54, 1.807) is 0 Å². The zero-order chi connectivity index (χ0) is 66.3. The maximum atomic E-state index is 5.67. The molecule has 6 fully saturated rings. The summed E-state index contributed by atoms with van der Waals surface area (Å²) in [4.78, 5) is 8.53. The molecule has 0 amide bonds. The molecule has 0 unspecified atom stereocenters. The first-order valence-corrected chi connectivity index (χ1v) is 37.2. The first-order valence-electron chi connectivity index (χ1n) is 37.2. The van der Waals surface area contributed by atoms with Crippen molar-refractivity contribution in [3.8, 4) is 0 Å². The van der Waals surface area contributed by atoms with E-state index in [1.165, 1.54) is 161 Å². The SMILES string of the molecule is CC1(C)CC(N(C2CC(C)(C)NC(C)(C)C2)C(CCCCCNCCNCCCCCCN)(C2CC(C)(C)NC(C)(C)C2)C2CC(C)(C)NC(C)(C)C2)CC(C)(C)N1.CN1C(C)(C)CC(NCCCCCCNC2CC(C)(C)N(C)C(C)(C)C2)CC1(C)C. The van der Waals surface area contributed by atoms with E-state index in [-0.39, 0.29) is 72.0 Å². The lowest BCUT2D eigenvalue weighted by Crippen LogP contribution is -2.76. The van der Waals surface area contributed by atoms with Gasteiger partial charge in [-0.05, 0) is 340 Å². The Balaban J connectivity index is 0.000000394. The van der Waals surface area contributed by atoms with E-state index in [2.05, 4.69) is 237 Å². The van der Waals surface area contributed by atoms with Gasteiger partial charge in [0.2, 0.25) is 0 Å². The molecule has 520 valence electrons. The van der Waals surface area contributed by atoms with Crippen LogP contribution in [0.5, 0.6) is 0 Å².